The van der Waals surface area contributed by atoms with Crippen molar-refractivity contribution in [2.75, 3.05) is 6.26 Å². The van der Waals surface area contributed by atoms with Gasteiger partial charge in [0.05, 0.1) is 0 Å². The van der Waals surface area contributed by atoms with Crippen LogP contribution in [0.4, 0.5) is 0 Å². The van der Waals surface area contributed by atoms with E-state index in [1.54, 1.807) is 42.5 Å². The highest BCUT2D eigenvalue weighted by Crippen LogP contribution is 2.45. The first kappa shape index (κ1) is 11.6. The zero-order valence-electron chi connectivity index (χ0n) is 9.58. The molecule has 5 heteroatoms. The van der Waals surface area contributed by atoms with Crippen LogP contribution in [0.15, 0.2) is 57.2 Å². The highest BCUT2D eigenvalue weighted by atomic mass is 32.2. The molecule has 0 saturated heterocycles. The molecular weight excluding hydrogens is 268 g/mol. The van der Waals surface area contributed by atoms with Gasteiger partial charge in [-0.1, -0.05) is 18.2 Å². The van der Waals surface area contributed by atoms with Gasteiger partial charge >= 0.3 is 0 Å². The Morgan fingerprint density at radius 2 is 1.72 bits per heavy atom. The Kier molecular flexibility index (Phi) is 2.60. The van der Waals surface area contributed by atoms with Crippen molar-refractivity contribution in [2.45, 2.75) is 14.7 Å². The summed E-state index contributed by atoms with van der Waals surface area (Å²) in [5.74, 6) is 0.795. The van der Waals surface area contributed by atoms with Gasteiger partial charge in [-0.25, -0.2) is 8.42 Å². The third kappa shape index (κ3) is 1.54. The average molecular weight is 278 g/mol. The molecule has 0 atom stereocenters. The number of para-hydroxylation sites is 1. The first-order chi connectivity index (χ1) is 8.64. The molecule has 0 amide bonds. The zero-order valence-corrected chi connectivity index (χ0v) is 11.2. The number of hydrogen-bond donors (Lipinski definition) is 0. The van der Waals surface area contributed by atoms with E-state index < -0.39 is 9.84 Å². The van der Waals surface area contributed by atoms with Crippen LogP contribution in [-0.4, -0.2) is 14.7 Å². The summed E-state index contributed by atoms with van der Waals surface area (Å²) in [5.41, 5.74) is 0. The molecular formula is C13H10O3S2. The number of ether oxygens (including phenoxy) is 1. The van der Waals surface area contributed by atoms with E-state index in [1.807, 2.05) is 6.26 Å². The Morgan fingerprint density at radius 1 is 1.00 bits per heavy atom. The quantitative estimate of drug-likeness (QED) is 0.640. The first-order valence-electron chi connectivity index (χ1n) is 5.33. The second-order valence-corrected chi connectivity index (χ2v) is 6.54. The van der Waals surface area contributed by atoms with E-state index in [0.29, 0.717) is 16.4 Å². The molecule has 0 N–H and O–H groups in total. The predicted octanol–water partition coefficient (Wildman–Crippen LogP) is 3.35. The average Bonchev–Trinajstić information content (AvgIpc) is 2.38. The van der Waals surface area contributed by atoms with Crippen LogP contribution in [-0.2, 0) is 9.84 Å². The van der Waals surface area contributed by atoms with Crippen LogP contribution in [0.3, 0.4) is 0 Å². The molecule has 1 heterocycles. The maximum Gasteiger partial charge on any atom is 0.215 e. The van der Waals surface area contributed by atoms with Crippen molar-refractivity contribution < 1.29 is 13.2 Å². The van der Waals surface area contributed by atoms with Crippen molar-refractivity contribution >= 4 is 21.6 Å². The normalized spacial score (nSPS) is 15.4. The van der Waals surface area contributed by atoms with Gasteiger partial charge in [0.1, 0.15) is 21.3 Å². The smallest absolute Gasteiger partial charge is 0.215 e. The standard InChI is InChI=1S/C13H10O3S2/c1-17-11-7-4-6-10-13(11)18(14,15)12-8-3-2-5-9(12)16-10/h2-8H,1H3. The molecule has 0 spiro atoms. The van der Waals surface area contributed by atoms with Gasteiger partial charge in [-0.3, -0.25) is 0 Å². The number of thioether (sulfide) groups is 1. The van der Waals surface area contributed by atoms with E-state index >= 15 is 0 Å². The largest absolute Gasteiger partial charge is 0.455 e. The lowest BCUT2D eigenvalue weighted by atomic mass is 10.3. The van der Waals surface area contributed by atoms with Gasteiger partial charge in [-0.15, -0.1) is 11.8 Å². The van der Waals surface area contributed by atoms with Crippen LogP contribution in [0.1, 0.15) is 0 Å². The molecule has 1 aliphatic rings. The summed E-state index contributed by atoms with van der Waals surface area (Å²) in [6, 6.07) is 12.0. The minimum absolute atomic E-state index is 0.235. The monoisotopic (exact) mass is 278 g/mol. The first-order valence-corrected chi connectivity index (χ1v) is 8.04. The maximum absolute atomic E-state index is 12.6. The lowest BCUT2D eigenvalue weighted by Gasteiger charge is -2.21. The van der Waals surface area contributed by atoms with E-state index in [-0.39, 0.29) is 9.79 Å². The van der Waals surface area contributed by atoms with E-state index in [4.69, 9.17) is 4.74 Å². The van der Waals surface area contributed by atoms with Crippen LogP contribution >= 0.6 is 11.8 Å². The van der Waals surface area contributed by atoms with Crippen molar-refractivity contribution in [3.8, 4) is 11.5 Å². The van der Waals surface area contributed by atoms with Gasteiger partial charge in [0.2, 0.25) is 9.84 Å². The molecule has 2 aromatic rings. The fourth-order valence-electron chi connectivity index (χ4n) is 1.99. The van der Waals surface area contributed by atoms with Crippen molar-refractivity contribution in [1.29, 1.82) is 0 Å². The van der Waals surface area contributed by atoms with Gasteiger partial charge in [0, 0.05) is 4.90 Å². The van der Waals surface area contributed by atoms with Crippen LogP contribution < -0.4 is 4.74 Å². The van der Waals surface area contributed by atoms with E-state index in [9.17, 15) is 8.42 Å². The third-order valence-corrected chi connectivity index (χ3v) is 5.57. The highest BCUT2D eigenvalue weighted by molar-refractivity contribution is 7.99. The third-order valence-electron chi connectivity index (χ3n) is 2.79. The Labute approximate surface area is 110 Å². The molecule has 0 aliphatic carbocycles. The van der Waals surface area contributed by atoms with Gasteiger partial charge in [-0.2, -0.15) is 0 Å². The summed E-state index contributed by atoms with van der Waals surface area (Å²) < 4.78 is 30.8. The van der Waals surface area contributed by atoms with Gasteiger partial charge in [-0.05, 0) is 30.5 Å². The van der Waals surface area contributed by atoms with Crippen molar-refractivity contribution in [3.05, 3.63) is 42.5 Å². The van der Waals surface area contributed by atoms with Crippen LogP contribution in [0, 0.1) is 0 Å². The maximum atomic E-state index is 12.6. The molecule has 92 valence electrons. The highest BCUT2D eigenvalue weighted by Gasteiger charge is 2.33. The molecule has 0 saturated carbocycles. The van der Waals surface area contributed by atoms with E-state index in [2.05, 4.69) is 0 Å². The van der Waals surface area contributed by atoms with Gasteiger partial charge < -0.3 is 4.74 Å². The number of rotatable bonds is 1. The van der Waals surface area contributed by atoms with Crippen molar-refractivity contribution in [1.82, 2.24) is 0 Å². The molecule has 0 aromatic heterocycles. The van der Waals surface area contributed by atoms with Gasteiger partial charge in [0.25, 0.3) is 0 Å². The summed E-state index contributed by atoms with van der Waals surface area (Å²) in [4.78, 5) is 1.22. The van der Waals surface area contributed by atoms with E-state index in [1.165, 1.54) is 11.8 Å². The Balaban J connectivity index is 2.37. The number of hydrogen-bond acceptors (Lipinski definition) is 4. The lowest BCUT2D eigenvalue weighted by Crippen LogP contribution is -2.11. The molecule has 1 aliphatic heterocycles. The number of sulfone groups is 1. The second kappa shape index (κ2) is 4.03. The summed E-state index contributed by atoms with van der Waals surface area (Å²) in [6.07, 6.45) is 1.85. The van der Waals surface area contributed by atoms with Crippen LogP contribution in [0.2, 0.25) is 0 Å². The molecule has 18 heavy (non-hydrogen) atoms. The minimum Gasteiger partial charge on any atom is -0.455 e. The molecule has 2 aromatic carbocycles. The van der Waals surface area contributed by atoms with E-state index in [0.717, 1.165) is 0 Å². The summed E-state index contributed by atoms with van der Waals surface area (Å²) >= 11 is 1.40. The topological polar surface area (TPSA) is 43.4 Å². The summed E-state index contributed by atoms with van der Waals surface area (Å²) in [7, 11) is -3.49. The molecule has 0 unspecified atom stereocenters. The second-order valence-electron chi connectivity index (χ2n) is 3.84. The van der Waals surface area contributed by atoms with Crippen molar-refractivity contribution in [2.24, 2.45) is 0 Å². The molecule has 0 radical (unpaired) electrons. The molecule has 3 nitrogen and oxygen atoms in total. The number of fused-ring (bicyclic) bond motifs is 2. The zero-order chi connectivity index (χ0) is 12.8. The SMILES string of the molecule is CSc1cccc2c1S(=O)(=O)c1ccccc1O2. The summed E-state index contributed by atoms with van der Waals surface area (Å²) in [6.45, 7) is 0. The lowest BCUT2D eigenvalue weighted by molar-refractivity contribution is 0.439. The summed E-state index contributed by atoms with van der Waals surface area (Å²) in [5, 5.41) is 0. The molecule has 3 rings (SSSR count). The number of benzene rings is 2. The molecule has 0 fully saturated rings. The Bertz CT molecular complexity index is 721. The van der Waals surface area contributed by atoms with Gasteiger partial charge in [0.15, 0.2) is 0 Å². The minimum atomic E-state index is -3.49. The Hall–Kier alpha value is -1.46. The van der Waals surface area contributed by atoms with Crippen LogP contribution in [0.5, 0.6) is 11.5 Å². The van der Waals surface area contributed by atoms with Crippen molar-refractivity contribution in [3.63, 3.8) is 0 Å². The molecule has 0 bridgehead atoms. The predicted molar refractivity (Wildman–Crippen MR) is 70.2 cm³/mol. The fourth-order valence-corrected chi connectivity index (χ4v) is 4.63. The van der Waals surface area contributed by atoms with Crippen LogP contribution in [0.25, 0.3) is 0 Å². The Morgan fingerprint density at radius 3 is 2.50 bits per heavy atom. The fraction of sp³-hybridized carbons (Fsp3) is 0.0769.